The first kappa shape index (κ1) is 14.1. The summed E-state index contributed by atoms with van der Waals surface area (Å²) in [6.45, 7) is 2.58. The summed E-state index contributed by atoms with van der Waals surface area (Å²) in [5.41, 5.74) is 9.17. The Morgan fingerprint density at radius 2 is 1.95 bits per heavy atom. The Morgan fingerprint density at radius 1 is 1.26 bits per heavy atom. The topological polar surface area (TPSA) is 43.8 Å². The molecule has 102 valence electrons. The zero-order valence-electron chi connectivity index (χ0n) is 11.4. The Hall–Kier alpha value is -1.32. The van der Waals surface area contributed by atoms with Gasteiger partial charge in [-0.25, -0.2) is 0 Å². The number of benzene rings is 1. The molecule has 0 spiro atoms. The molecule has 2 N–H and O–H groups in total. The highest BCUT2D eigenvalue weighted by Gasteiger charge is 2.16. The molecule has 0 saturated heterocycles. The van der Waals surface area contributed by atoms with Crippen molar-refractivity contribution in [2.75, 3.05) is 6.54 Å². The molecule has 0 fully saturated rings. The molecule has 1 aromatic heterocycles. The fourth-order valence-corrected chi connectivity index (χ4v) is 2.60. The summed E-state index contributed by atoms with van der Waals surface area (Å²) in [6.07, 6.45) is 1.83. The first-order valence-electron chi connectivity index (χ1n) is 6.53. The van der Waals surface area contributed by atoms with Gasteiger partial charge < -0.3 is 5.73 Å². The molecule has 0 aliphatic heterocycles. The van der Waals surface area contributed by atoms with Crippen LogP contribution in [0.2, 0.25) is 5.02 Å². The van der Waals surface area contributed by atoms with Gasteiger partial charge in [0, 0.05) is 7.05 Å². The summed E-state index contributed by atoms with van der Waals surface area (Å²) in [5, 5.41) is 5.12. The highest BCUT2D eigenvalue weighted by molar-refractivity contribution is 6.31. The summed E-state index contributed by atoms with van der Waals surface area (Å²) < 4.78 is 1.87. The molecule has 1 aromatic carbocycles. The lowest BCUT2D eigenvalue weighted by Gasteiger charge is -2.15. The summed E-state index contributed by atoms with van der Waals surface area (Å²) in [5.74, 6) is 0.384. The molecule has 0 saturated carbocycles. The molecule has 2 rings (SSSR count). The van der Waals surface area contributed by atoms with Gasteiger partial charge in [0.05, 0.1) is 16.4 Å². The molecule has 1 heterocycles. The molecule has 0 radical (unpaired) electrons. The number of halogens is 1. The molecule has 3 nitrogen and oxygen atoms in total. The third kappa shape index (κ3) is 3.37. The highest BCUT2D eigenvalue weighted by atomic mass is 35.5. The molecule has 0 aliphatic carbocycles. The first-order valence-corrected chi connectivity index (χ1v) is 6.91. The lowest BCUT2D eigenvalue weighted by atomic mass is 9.95. The second-order valence-electron chi connectivity index (χ2n) is 4.97. The zero-order chi connectivity index (χ0) is 13.8. The normalized spacial score (nSPS) is 12.6. The smallest absolute Gasteiger partial charge is 0.0847 e. The van der Waals surface area contributed by atoms with Crippen molar-refractivity contribution in [1.29, 1.82) is 0 Å². The van der Waals surface area contributed by atoms with Gasteiger partial charge >= 0.3 is 0 Å². The van der Waals surface area contributed by atoms with E-state index in [0.29, 0.717) is 12.5 Å². The number of nitrogens with two attached hydrogens (primary N) is 1. The van der Waals surface area contributed by atoms with E-state index in [1.165, 1.54) is 5.56 Å². The van der Waals surface area contributed by atoms with Crippen molar-refractivity contribution in [1.82, 2.24) is 9.78 Å². The van der Waals surface area contributed by atoms with Gasteiger partial charge in [0.1, 0.15) is 0 Å². The van der Waals surface area contributed by atoms with Crippen molar-refractivity contribution < 1.29 is 0 Å². The molecule has 2 aromatic rings. The predicted molar refractivity (Wildman–Crippen MR) is 79.3 cm³/mol. The Labute approximate surface area is 119 Å². The van der Waals surface area contributed by atoms with Gasteiger partial charge in [-0.15, -0.1) is 0 Å². The number of nitrogens with zero attached hydrogens (tertiary/aromatic N) is 2. The van der Waals surface area contributed by atoms with Gasteiger partial charge in [-0.05, 0) is 37.8 Å². The number of hydrogen-bond donors (Lipinski definition) is 1. The average Bonchev–Trinajstić information content (AvgIpc) is 2.65. The van der Waals surface area contributed by atoms with Crippen molar-refractivity contribution in [3.8, 4) is 0 Å². The molecular formula is C15H20ClN3. The molecule has 19 heavy (non-hydrogen) atoms. The SMILES string of the molecule is Cc1nn(C)c(CC(CN)Cc2ccccc2)c1Cl. The van der Waals surface area contributed by atoms with Gasteiger partial charge in [0.2, 0.25) is 0 Å². The average molecular weight is 278 g/mol. The van der Waals surface area contributed by atoms with Gasteiger partial charge in [0.25, 0.3) is 0 Å². The van der Waals surface area contributed by atoms with Crippen LogP contribution in [0.25, 0.3) is 0 Å². The standard InChI is InChI=1S/C15H20ClN3/c1-11-15(16)14(19(2)18-11)9-13(10-17)8-12-6-4-3-5-7-12/h3-7,13H,8-10,17H2,1-2H3. The molecule has 0 bridgehead atoms. The van der Waals surface area contributed by atoms with E-state index in [4.69, 9.17) is 17.3 Å². The lowest BCUT2D eigenvalue weighted by Crippen LogP contribution is -2.20. The molecule has 1 unspecified atom stereocenters. The van der Waals surface area contributed by atoms with Crippen LogP contribution in [0.5, 0.6) is 0 Å². The van der Waals surface area contributed by atoms with Gasteiger partial charge in [0.15, 0.2) is 0 Å². The number of aromatic nitrogens is 2. The third-order valence-electron chi connectivity index (χ3n) is 3.44. The molecule has 0 aliphatic rings. The van der Waals surface area contributed by atoms with Crippen LogP contribution in [0.3, 0.4) is 0 Å². The van der Waals surface area contributed by atoms with Crippen LogP contribution in [0, 0.1) is 12.8 Å². The molecular weight excluding hydrogens is 258 g/mol. The van der Waals surface area contributed by atoms with Crippen molar-refractivity contribution in [2.24, 2.45) is 18.7 Å². The maximum atomic E-state index is 6.29. The summed E-state index contributed by atoms with van der Waals surface area (Å²) in [7, 11) is 1.93. The van der Waals surface area contributed by atoms with Crippen molar-refractivity contribution in [2.45, 2.75) is 19.8 Å². The minimum absolute atomic E-state index is 0.384. The van der Waals surface area contributed by atoms with E-state index in [2.05, 4.69) is 29.4 Å². The molecule has 1 atom stereocenters. The summed E-state index contributed by atoms with van der Waals surface area (Å²) in [6, 6.07) is 10.4. The Bertz CT molecular complexity index is 534. The van der Waals surface area contributed by atoms with E-state index in [0.717, 1.165) is 29.3 Å². The number of rotatable bonds is 5. The van der Waals surface area contributed by atoms with E-state index < -0.39 is 0 Å². The van der Waals surface area contributed by atoms with Crippen LogP contribution in [0.15, 0.2) is 30.3 Å². The third-order valence-corrected chi connectivity index (χ3v) is 3.94. The van der Waals surface area contributed by atoms with Crippen LogP contribution < -0.4 is 5.73 Å². The van der Waals surface area contributed by atoms with E-state index in [1.54, 1.807) is 0 Å². The largest absolute Gasteiger partial charge is 0.330 e. The zero-order valence-corrected chi connectivity index (χ0v) is 12.2. The number of hydrogen-bond acceptors (Lipinski definition) is 2. The van der Waals surface area contributed by atoms with Crippen LogP contribution in [-0.2, 0) is 19.9 Å². The van der Waals surface area contributed by atoms with Crippen molar-refractivity contribution >= 4 is 11.6 Å². The predicted octanol–water partition coefficient (Wildman–Crippen LogP) is 2.74. The van der Waals surface area contributed by atoms with Crippen molar-refractivity contribution in [3.05, 3.63) is 52.3 Å². The Balaban J connectivity index is 2.11. The van der Waals surface area contributed by atoms with Crippen LogP contribution in [-0.4, -0.2) is 16.3 Å². The molecule has 0 amide bonds. The summed E-state index contributed by atoms with van der Waals surface area (Å²) >= 11 is 6.29. The van der Waals surface area contributed by atoms with E-state index in [-0.39, 0.29) is 0 Å². The van der Waals surface area contributed by atoms with Crippen molar-refractivity contribution in [3.63, 3.8) is 0 Å². The van der Waals surface area contributed by atoms with E-state index >= 15 is 0 Å². The maximum Gasteiger partial charge on any atom is 0.0847 e. The van der Waals surface area contributed by atoms with Gasteiger partial charge in [-0.1, -0.05) is 41.9 Å². The molecule has 4 heteroatoms. The second-order valence-corrected chi connectivity index (χ2v) is 5.34. The first-order chi connectivity index (χ1) is 9.11. The fourth-order valence-electron chi connectivity index (χ4n) is 2.36. The minimum Gasteiger partial charge on any atom is -0.330 e. The van der Waals surface area contributed by atoms with Gasteiger partial charge in [-0.3, -0.25) is 4.68 Å². The monoisotopic (exact) mass is 277 g/mol. The van der Waals surface area contributed by atoms with Crippen LogP contribution in [0.4, 0.5) is 0 Å². The second kappa shape index (κ2) is 6.22. The van der Waals surface area contributed by atoms with E-state index in [9.17, 15) is 0 Å². The van der Waals surface area contributed by atoms with Crippen LogP contribution >= 0.6 is 11.6 Å². The summed E-state index contributed by atoms with van der Waals surface area (Å²) in [4.78, 5) is 0. The van der Waals surface area contributed by atoms with Crippen LogP contribution in [0.1, 0.15) is 17.0 Å². The van der Waals surface area contributed by atoms with Gasteiger partial charge in [-0.2, -0.15) is 5.10 Å². The van der Waals surface area contributed by atoms with E-state index in [1.807, 2.05) is 24.7 Å². The quantitative estimate of drug-likeness (QED) is 0.913. The maximum absolute atomic E-state index is 6.29. The highest BCUT2D eigenvalue weighted by Crippen LogP contribution is 2.23. The Morgan fingerprint density at radius 3 is 2.47 bits per heavy atom. The Kier molecular flexibility index (Phi) is 4.61. The number of aryl methyl sites for hydroxylation is 2. The fraction of sp³-hybridized carbons (Fsp3) is 0.400. The minimum atomic E-state index is 0.384. The lowest BCUT2D eigenvalue weighted by molar-refractivity contribution is 0.511.